The van der Waals surface area contributed by atoms with Crippen molar-refractivity contribution in [2.24, 2.45) is 0 Å². The Hall–Kier alpha value is -1.26. The molecule has 0 aromatic heterocycles. The van der Waals surface area contributed by atoms with Crippen LogP contribution < -0.4 is 10.1 Å². The summed E-state index contributed by atoms with van der Waals surface area (Å²) in [5.41, 5.74) is 1.44. The Morgan fingerprint density at radius 3 is 2.67 bits per heavy atom. The van der Waals surface area contributed by atoms with Crippen molar-refractivity contribution >= 4 is 17.5 Å². The third-order valence-electron chi connectivity index (χ3n) is 3.12. The Morgan fingerprint density at radius 1 is 1.39 bits per heavy atom. The van der Waals surface area contributed by atoms with Crippen LogP contribution in [0.4, 0.5) is 0 Å². The van der Waals surface area contributed by atoms with Crippen LogP contribution in [0.25, 0.3) is 0 Å². The molecular weight excluding hydrogens is 252 g/mol. The Morgan fingerprint density at radius 2 is 2.06 bits per heavy atom. The van der Waals surface area contributed by atoms with Gasteiger partial charge in [0.15, 0.2) is 0 Å². The van der Waals surface area contributed by atoms with Gasteiger partial charge < -0.3 is 15.0 Å². The van der Waals surface area contributed by atoms with Crippen molar-refractivity contribution in [2.75, 3.05) is 33.3 Å². The molecule has 0 unspecified atom stereocenters. The minimum atomic E-state index is -0.0183. The summed E-state index contributed by atoms with van der Waals surface area (Å²) in [6.07, 6.45) is 0. The number of nitrogens with zero attached hydrogens (tertiary/aromatic N) is 1. The molecule has 0 spiro atoms. The molecule has 98 valence electrons. The first-order valence-corrected chi connectivity index (χ1v) is 6.35. The average Bonchev–Trinajstić information content (AvgIpc) is 2.41. The van der Waals surface area contributed by atoms with Crippen LogP contribution in [-0.4, -0.2) is 44.1 Å². The van der Waals surface area contributed by atoms with Gasteiger partial charge in [-0.1, -0.05) is 11.6 Å². The Bertz CT molecular complexity index is 457. The highest BCUT2D eigenvalue weighted by atomic mass is 35.5. The maximum Gasteiger partial charge on any atom is 0.257 e. The number of halogens is 1. The molecule has 1 saturated heterocycles. The van der Waals surface area contributed by atoms with E-state index in [0.717, 1.165) is 18.7 Å². The van der Waals surface area contributed by atoms with Gasteiger partial charge in [-0.05, 0) is 24.6 Å². The van der Waals surface area contributed by atoms with Crippen LogP contribution in [-0.2, 0) is 0 Å². The lowest BCUT2D eigenvalue weighted by molar-refractivity contribution is 0.0732. The van der Waals surface area contributed by atoms with Gasteiger partial charge in [-0.25, -0.2) is 0 Å². The average molecular weight is 269 g/mol. The lowest BCUT2D eigenvalue weighted by Gasteiger charge is -2.28. The number of ether oxygens (including phenoxy) is 1. The fourth-order valence-corrected chi connectivity index (χ4v) is 2.19. The molecule has 1 aromatic rings. The van der Waals surface area contributed by atoms with Crippen LogP contribution in [0.15, 0.2) is 12.1 Å². The molecule has 0 bridgehead atoms. The maximum absolute atomic E-state index is 12.4. The van der Waals surface area contributed by atoms with Gasteiger partial charge in [0.25, 0.3) is 5.91 Å². The van der Waals surface area contributed by atoms with Crippen molar-refractivity contribution in [1.29, 1.82) is 0 Å². The third kappa shape index (κ3) is 2.60. The van der Waals surface area contributed by atoms with E-state index in [1.165, 1.54) is 0 Å². The van der Waals surface area contributed by atoms with E-state index in [0.29, 0.717) is 29.4 Å². The number of benzene rings is 1. The normalized spacial score (nSPS) is 15.6. The highest BCUT2D eigenvalue weighted by Crippen LogP contribution is 2.27. The number of hydrogen-bond acceptors (Lipinski definition) is 3. The molecule has 5 heteroatoms. The summed E-state index contributed by atoms with van der Waals surface area (Å²) in [6.45, 7) is 4.98. The molecule has 1 aliphatic heterocycles. The van der Waals surface area contributed by atoms with Gasteiger partial charge in [-0.15, -0.1) is 0 Å². The highest BCUT2D eigenvalue weighted by molar-refractivity contribution is 6.31. The van der Waals surface area contributed by atoms with E-state index >= 15 is 0 Å². The summed E-state index contributed by atoms with van der Waals surface area (Å²) in [6, 6.07) is 3.50. The van der Waals surface area contributed by atoms with Crippen molar-refractivity contribution in [3.05, 3.63) is 28.3 Å². The van der Waals surface area contributed by atoms with Gasteiger partial charge in [0.05, 0.1) is 12.7 Å². The summed E-state index contributed by atoms with van der Waals surface area (Å²) < 4.78 is 5.27. The van der Waals surface area contributed by atoms with E-state index in [-0.39, 0.29) is 5.91 Å². The first-order valence-electron chi connectivity index (χ1n) is 5.97. The SMILES string of the molecule is COc1cc(C)c(Cl)cc1C(=O)N1CCNCC1. The molecule has 0 radical (unpaired) electrons. The molecule has 1 heterocycles. The predicted octanol–water partition coefficient (Wildman–Crippen LogP) is 1.70. The summed E-state index contributed by atoms with van der Waals surface area (Å²) in [4.78, 5) is 14.2. The lowest BCUT2D eigenvalue weighted by Crippen LogP contribution is -2.46. The first-order chi connectivity index (χ1) is 8.63. The molecule has 0 aliphatic carbocycles. The van der Waals surface area contributed by atoms with Crippen LogP contribution in [0, 0.1) is 6.92 Å². The van der Waals surface area contributed by atoms with Crippen molar-refractivity contribution in [1.82, 2.24) is 10.2 Å². The van der Waals surface area contributed by atoms with E-state index in [2.05, 4.69) is 5.32 Å². The van der Waals surface area contributed by atoms with Crippen LogP contribution in [0.5, 0.6) is 5.75 Å². The van der Waals surface area contributed by atoms with E-state index in [1.807, 2.05) is 11.8 Å². The fourth-order valence-electron chi connectivity index (χ4n) is 2.03. The molecule has 1 amide bonds. The second-order valence-electron chi connectivity index (χ2n) is 4.34. The molecule has 0 atom stereocenters. The Labute approximate surface area is 112 Å². The number of carbonyl (C=O) groups excluding carboxylic acids is 1. The van der Waals surface area contributed by atoms with Crippen LogP contribution in [0.1, 0.15) is 15.9 Å². The predicted molar refractivity (Wildman–Crippen MR) is 71.5 cm³/mol. The standard InChI is InChI=1S/C13H17ClN2O2/c1-9-7-12(18-2)10(8-11(9)14)13(17)16-5-3-15-4-6-16/h7-8,15H,3-6H2,1-2H3. The Balaban J connectivity index is 2.31. The molecule has 1 aromatic carbocycles. The lowest BCUT2D eigenvalue weighted by atomic mass is 10.1. The number of rotatable bonds is 2. The fraction of sp³-hybridized carbons (Fsp3) is 0.462. The van der Waals surface area contributed by atoms with Crippen molar-refractivity contribution in [3.63, 3.8) is 0 Å². The van der Waals surface area contributed by atoms with E-state index in [4.69, 9.17) is 16.3 Å². The number of hydrogen-bond donors (Lipinski definition) is 1. The number of carbonyl (C=O) groups is 1. The number of aryl methyl sites for hydroxylation is 1. The zero-order chi connectivity index (χ0) is 13.1. The van der Waals surface area contributed by atoms with Crippen molar-refractivity contribution in [2.45, 2.75) is 6.92 Å². The summed E-state index contributed by atoms with van der Waals surface area (Å²) in [5, 5.41) is 3.81. The van der Waals surface area contributed by atoms with Crippen molar-refractivity contribution in [3.8, 4) is 5.75 Å². The number of methoxy groups -OCH3 is 1. The second kappa shape index (κ2) is 5.59. The molecule has 4 nitrogen and oxygen atoms in total. The van der Waals surface area contributed by atoms with E-state index < -0.39 is 0 Å². The van der Waals surface area contributed by atoms with E-state index in [1.54, 1.807) is 19.2 Å². The first kappa shape index (κ1) is 13.2. The highest BCUT2D eigenvalue weighted by Gasteiger charge is 2.22. The van der Waals surface area contributed by atoms with Crippen molar-refractivity contribution < 1.29 is 9.53 Å². The third-order valence-corrected chi connectivity index (χ3v) is 3.52. The van der Waals surface area contributed by atoms with Crippen LogP contribution in [0.2, 0.25) is 5.02 Å². The second-order valence-corrected chi connectivity index (χ2v) is 4.75. The zero-order valence-electron chi connectivity index (χ0n) is 10.6. The van der Waals surface area contributed by atoms with Crippen LogP contribution >= 0.6 is 11.6 Å². The number of nitrogens with one attached hydrogen (secondary N) is 1. The minimum absolute atomic E-state index is 0.0183. The molecule has 2 rings (SSSR count). The monoisotopic (exact) mass is 268 g/mol. The minimum Gasteiger partial charge on any atom is -0.496 e. The largest absolute Gasteiger partial charge is 0.496 e. The van der Waals surface area contributed by atoms with Gasteiger partial charge >= 0.3 is 0 Å². The number of amides is 1. The quantitative estimate of drug-likeness (QED) is 0.888. The molecule has 18 heavy (non-hydrogen) atoms. The Kier molecular flexibility index (Phi) is 4.09. The maximum atomic E-state index is 12.4. The molecule has 0 saturated carbocycles. The van der Waals surface area contributed by atoms with E-state index in [9.17, 15) is 4.79 Å². The smallest absolute Gasteiger partial charge is 0.257 e. The number of piperazine rings is 1. The summed E-state index contributed by atoms with van der Waals surface area (Å²) >= 11 is 6.09. The summed E-state index contributed by atoms with van der Waals surface area (Å²) in [5.74, 6) is 0.565. The van der Waals surface area contributed by atoms with Crippen LogP contribution in [0.3, 0.4) is 0 Å². The molecule has 1 aliphatic rings. The van der Waals surface area contributed by atoms with Gasteiger partial charge in [-0.3, -0.25) is 4.79 Å². The zero-order valence-corrected chi connectivity index (χ0v) is 11.4. The topological polar surface area (TPSA) is 41.6 Å². The van der Waals surface area contributed by atoms with Gasteiger partial charge in [0.1, 0.15) is 5.75 Å². The molecule has 1 N–H and O–H groups in total. The van der Waals surface area contributed by atoms with Gasteiger partial charge in [-0.2, -0.15) is 0 Å². The summed E-state index contributed by atoms with van der Waals surface area (Å²) in [7, 11) is 1.57. The molecule has 1 fully saturated rings. The van der Waals surface area contributed by atoms with Gasteiger partial charge in [0, 0.05) is 31.2 Å². The molecular formula is C13H17ClN2O2. The van der Waals surface area contributed by atoms with Gasteiger partial charge in [0.2, 0.25) is 0 Å².